The van der Waals surface area contributed by atoms with Gasteiger partial charge in [0.2, 0.25) is 0 Å². The maximum Gasteiger partial charge on any atom is 0.0726 e. The normalized spacial score (nSPS) is 16.0. The molecule has 27 heavy (non-hydrogen) atoms. The van der Waals surface area contributed by atoms with Crippen LogP contribution in [0.5, 0.6) is 0 Å². The van der Waals surface area contributed by atoms with E-state index in [1.807, 2.05) is 17.9 Å². The Bertz CT molecular complexity index is 930. The molecule has 5 heteroatoms. The Balaban J connectivity index is 1.60. The summed E-state index contributed by atoms with van der Waals surface area (Å²) in [7, 11) is 1.98. The van der Waals surface area contributed by atoms with Crippen molar-refractivity contribution in [1.29, 1.82) is 0 Å². The molecule has 1 saturated heterocycles. The van der Waals surface area contributed by atoms with Crippen LogP contribution in [0.15, 0.2) is 36.7 Å². The molecule has 3 heterocycles. The summed E-state index contributed by atoms with van der Waals surface area (Å²) in [5.41, 5.74) is 6.38. The second-order valence-corrected chi connectivity index (χ2v) is 7.53. The standard InChI is InChI=1S/C22H29N5/c1-4-19-17(2)24-21-9-6-5-8-20(21)22(19)27-11-7-10-26(12-13-27)16-18-14-23-25(3)15-18/h5-6,8-9,14-15H,4,7,10-13,16H2,1-3H3. The number of hydrogen-bond donors (Lipinski definition) is 0. The molecule has 0 unspecified atom stereocenters. The highest BCUT2D eigenvalue weighted by Gasteiger charge is 2.21. The Hall–Kier alpha value is -2.40. The van der Waals surface area contributed by atoms with E-state index in [0.717, 1.165) is 44.7 Å². The molecule has 0 spiro atoms. The molecule has 0 radical (unpaired) electrons. The van der Waals surface area contributed by atoms with E-state index in [9.17, 15) is 0 Å². The molecule has 1 aliphatic rings. The van der Waals surface area contributed by atoms with Gasteiger partial charge >= 0.3 is 0 Å². The predicted molar refractivity (Wildman–Crippen MR) is 111 cm³/mol. The predicted octanol–water partition coefficient (Wildman–Crippen LogP) is 3.55. The number of pyridine rings is 1. The molecule has 1 fully saturated rings. The van der Waals surface area contributed by atoms with Gasteiger partial charge in [-0.25, -0.2) is 0 Å². The van der Waals surface area contributed by atoms with Crippen molar-refractivity contribution in [2.45, 2.75) is 33.2 Å². The van der Waals surface area contributed by atoms with Gasteiger partial charge in [-0.05, 0) is 31.4 Å². The van der Waals surface area contributed by atoms with E-state index in [-0.39, 0.29) is 0 Å². The van der Waals surface area contributed by atoms with Crippen molar-refractivity contribution in [1.82, 2.24) is 19.7 Å². The van der Waals surface area contributed by atoms with Gasteiger partial charge in [0, 0.05) is 62.6 Å². The Kier molecular flexibility index (Phi) is 5.12. The van der Waals surface area contributed by atoms with Gasteiger partial charge < -0.3 is 4.90 Å². The minimum Gasteiger partial charge on any atom is -0.369 e. The Morgan fingerprint density at radius 1 is 1.07 bits per heavy atom. The first-order valence-corrected chi connectivity index (χ1v) is 9.98. The van der Waals surface area contributed by atoms with Gasteiger partial charge in [-0.1, -0.05) is 25.1 Å². The van der Waals surface area contributed by atoms with E-state index in [4.69, 9.17) is 4.98 Å². The summed E-state index contributed by atoms with van der Waals surface area (Å²) in [5.74, 6) is 0. The highest BCUT2D eigenvalue weighted by molar-refractivity contribution is 5.94. The summed E-state index contributed by atoms with van der Waals surface area (Å²) in [6, 6.07) is 8.59. The van der Waals surface area contributed by atoms with Gasteiger partial charge in [0.05, 0.1) is 17.4 Å². The second kappa shape index (κ2) is 7.69. The molecule has 0 atom stereocenters. The van der Waals surface area contributed by atoms with Crippen molar-refractivity contribution < 1.29 is 0 Å². The zero-order valence-electron chi connectivity index (χ0n) is 16.6. The van der Waals surface area contributed by atoms with Crippen LogP contribution in [0, 0.1) is 6.92 Å². The lowest BCUT2D eigenvalue weighted by Crippen LogP contribution is -2.31. The number of benzene rings is 1. The molecule has 1 aliphatic heterocycles. The molecule has 0 bridgehead atoms. The highest BCUT2D eigenvalue weighted by Crippen LogP contribution is 2.33. The van der Waals surface area contributed by atoms with Crippen LogP contribution in [0.4, 0.5) is 5.69 Å². The maximum absolute atomic E-state index is 4.85. The molecule has 142 valence electrons. The molecule has 5 nitrogen and oxygen atoms in total. The molecule has 2 aromatic heterocycles. The minimum absolute atomic E-state index is 0.985. The second-order valence-electron chi connectivity index (χ2n) is 7.53. The minimum atomic E-state index is 0.985. The van der Waals surface area contributed by atoms with Crippen molar-refractivity contribution >= 4 is 16.6 Å². The van der Waals surface area contributed by atoms with E-state index >= 15 is 0 Å². The largest absolute Gasteiger partial charge is 0.369 e. The first-order chi connectivity index (χ1) is 13.2. The Labute approximate surface area is 161 Å². The summed E-state index contributed by atoms with van der Waals surface area (Å²) in [6.45, 7) is 9.75. The van der Waals surface area contributed by atoms with Crippen molar-refractivity contribution in [3.05, 3.63) is 53.5 Å². The molecular weight excluding hydrogens is 334 g/mol. The first kappa shape index (κ1) is 18.0. The summed E-state index contributed by atoms with van der Waals surface area (Å²) in [4.78, 5) is 10.0. The molecule has 3 aromatic rings. The van der Waals surface area contributed by atoms with Crippen molar-refractivity contribution in [2.75, 3.05) is 31.1 Å². The van der Waals surface area contributed by atoms with Gasteiger partial charge in [-0.15, -0.1) is 0 Å². The van der Waals surface area contributed by atoms with Crippen LogP contribution >= 0.6 is 0 Å². The number of fused-ring (bicyclic) bond motifs is 1. The third-order valence-corrected chi connectivity index (χ3v) is 5.59. The monoisotopic (exact) mass is 363 g/mol. The molecule has 1 aromatic carbocycles. The smallest absolute Gasteiger partial charge is 0.0726 e. The van der Waals surface area contributed by atoms with Gasteiger partial charge in [-0.3, -0.25) is 14.6 Å². The number of aryl methyl sites for hydroxylation is 2. The number of hydrogen-bond acceptors (Lipinski definition) is 4. The molecule has 0 amide bonds. The van der Waals surface area contributed by atoms with Crippen LogP contribution < -0.4 is 4.90 Å². The third kappa shape index (κ3) is 3.69. The van der Waals surface area contributed by atoms with Crippen LogP contribution in [0.1, 0.15) is 30.2 Å². The zero-order valence-corrected chi connectivity index (χ0v) is 16.6. The third-order valence-electron chi connectivity index (χ3n) is 5.59. The SMILES string of the molecule is CCc1c(C)nc2ccccc2c1N1CCCN(Cc2cnn(C)c2)CC1. The van der Waals surface area contributed by atoms with Crippen molar-refractivity contribution in [3.63, 3.8) is 0 Å². The molecule has 4 rings (SSSR count). The molecule has 0 saturated carbocycles. The number of aromatic nitrogens is 3. The van der Waals surface area contributed by atoms with Crippen LogP contribution in [0.25, 0.3) is 10.9 Å². The van der Waals surface area contributed by atoms with E-state index in [2.05, 4.69) is 59.2 Å². The molecule has 0 aliphatic carbocycles. The van der Waals surface area contributed by atoms with Crippen LogP contribution in [0.2, 0.25) is 0 Å². The lowest BCUT2D eigenvalue weighted by Gasteiger charge is -2.28. The fourth-order valence-electron chi connectivity index (χ4n) is 4.30. The lowest BCUT2D eigenvalue weighted by molar-refractivity contribution is 0.285. The zero-order chi connectivity index (χ0) is 18.8. The highest BCUT2D eigenvalue weighted by atomic mass is 15.3. The van der Waals surface area contributed by atoms with E-state index in [0.29, 0.717) is 0 Å². The quantitative estimate of drug-likeness (QED) is 0.710. The average Bonchev–Trinajstić information content (AvgIpc) is 2.94. The average molecular weight is 364 g/mol. The summed E-state index contributed by atoms with van der Waals surface area (Å²) in [6.07, 6.45) is 6.31. The lowest BCUT2D eigenvalue weighted by atomic mass is 10.0. The van der Waals surface area contributed by atoms with E-state index in [1.54, 1.807) is 0 Å². The van der Waals surface area contributed by atoms with Gasteiger partial charge in [0.1, 0.15) is 0 Å². The van der Waals surface area contributed by atoms with Gasteiger partial charge in [0.15, 0.2) is 0 Å². The van der Waals surface area contributed by atoms with Crippen LogP contribution in [0.3, 0.4) is 0 Å². The van der Waals surface area contributed by atoms with Crippen molar-refractivity contribution in [2.24, 2.45) is 7.05 Å². The Morgan fingerprint density at radius 3 is 2.70 bits per heavy atom. The van der Waals surface area contributed by atoms with E-state index < -0.39 is 0 Å². The van der Waals surface area contributed by atoms with Crippen molar-refractivity contribution in [3.8, 4) is 0 Å². The van der Waals surface area contributed by atoms with Gasteiger partial charge in [0.25, 0.3) is 0 Å². The fraction of sp³-hybridized carbons (Fsp3) is 0.455. The topological polar surface area (TPSA) is 37.2 Å². The van der Waals surface area contributed by atoms with E-state index in [1.165, 1.54) is 34.3 Å². The summed E-state index contributed by atoms with van der Waals surface area (Å²) < 4.78 is 1.89. The number of anilines is 1. The fourth-order valence-corrected chi connectivity index (χ4v) is 4.30. The van der Waals surface area contributed by atoms with Crippen LogP contribution in [-0.4, -0.2) is 45.8 Å². The number of nitrogens with zero attached hydrogens (tertiary/aromatic N) is 5. The summed E-state index contributed by atoms with van der Waals surface area (Å²) in [5, 5.41) is 5.60. The molecular formula is C22H29N5. The maximum atomic E-state index is 4.85. The number of rotatable bonds is 4. The first-order valence-electron chi connectivity index (χ1n) is 9.98. The number of para-hydroxylation sites is 1. The van der Waals surface area contributed by atoms with Crippen LogP contribution in [-0.2, 0) is 20.0 Å². The summed E-state index contributed by atoms with van der Waals surface area (Å²) >= 11 is 0. The molecule has 0 N–H and O–H groups in total. The Morgan fingerprint density at radius 2 is 1.93 bits per heavy atom. The van der Waals surface area contributed by atoms with Gasteiger partial charge in [-0.2, -0.15) is 5.10 Å².